The van der Waals surface area contributed by atoms with Gasteiger partial charge < -0.3 is 19.8 Å². The molecule has 0 heterocycles. The first-order valence-electron chi connectivity index (χ1n) is 5.34. The molecule has 0 radical (unpaired) electrons. The molecule has 0 aromatic rings. The van der Waals surface area contributed by atoms with Crippen LogP contribution in [0.25, 0.3) is 0 Å². The Morgan fingerprint density at radius 3 is 1.13 bits per heavy atom. The Morgan fingerprint density at radius 2 is 1.00 bits per heavy atom. The molecule has 13 heteroatoms. The molecule has 0 spiro atoms. The summed E-state index contributed by atoms with van der Waals surface area (Å²) in [5.41, 5.74) is -0.690. The summed E-state index contributed by atoms with van der Waals surface area (Å²) in [6.07, 6.45) is -0.637. The fourth-order valence-electron chi connectivity index (χ4n) is 0.708. The maximum Gasteiger partial charge on any atom is 2.00 e. The Kier molecular flexibility index (Phi) is 14.2. The van der Waals surface area contributed by atoms with Crippen molar-refractivity contribution in [3.63, 3.8) is 0 Å². The zero-order valence-corrected chi connectivity index (χ0v) is 15.8. The topological polar surface area (TPSA) is 189 Å². The van der Waals surface area contributed by atoms with E-state index >= 15 is 0 Å². The Hall–Kier alpha value is -0.500. The van der Waals surface area contributed by atoms with Crippen LogP contribution >= 0.6 is 0 Å². The number of carboxylic acid groups (broad SMARTS) is 2. The molecule has 0 atom stereocenters. The predicted octanol–water partition coefficient (Wildman–Crippen LogP) is -3.24. The Morgan fingerprint density at radius 1 is 0.783 bits per heavy atom. The summed E-state index contributed by atoms with van der Waals surface area (Å²) in [5, 5.41) is 19.9. The summed E-state index contributed by atoms with van der Waals surface area (Å²) in [6, 6.07) is 0. The summed E-state index contributed by atoms with van der Waals surface area (Å²) in [5.74, 6) is -4.29. The molecule has 0 aliphatic heterocycles. The molecule has 0 rings (SSSR count). The van der Waals surface area contributed by atoms with E-state index in [4.69, 9.17) is 9.11 Å². The molecule has 10 nitrogen and oxygen atoms in total. The van der Waals surface area contributed by atoms with Crippen molar-refractivity contribution in [2.24, 2.45) is 0 Å². The smallest absolute Gasteiger partial charge is 0.545 e. The summed E-state index contributed by atoms with van der Waals surface area (Å²) in [6.45, 7) is 6.04. The van der Waals surface area contributed by atoms with E-state index < -0.39 is 43.7 Å². The minimum atomic E-state index is -4.10. The van der Waals surface area contributed by atoms with Gasteiger partial charge in [-0.2, -0.15) is 16.8 Å². The van der Waals surface area contributed by atoms with Gasteiger partial charge in [-0.15, -0.1) is 0 Å². The van der Waals surface area contributed by atoms with E-state index in [1.165, 1.54) is 0 Å². The van der Waals surface area contributed by atoms with E-state index in [0.717, 1.165) is 0 Å². The van der Waals surface area contributed by atoms with Crippen LogP contribution in [0.3, 0.4) is 0 Å². The van der Waals surface area contributed by atoms with Crippen LogP contribution in [0, 0.1) is 0 Å². The SMILES string of the molecule is C=C(CCS(=O)(=O)O)C(=O)[O-].C=C(CCS(=O)(=O)O)C(=O)[O-].[Ca+2]. The van der Waals surface area contributed by atoms with E-state index in [0.29, 0.717) is 0 Å². The summed E-state index contributed by atoms with van der Waals surface area (Å²) >= 11 is 0. The normalized spacial score (nSPS) is 10.5. The molecule has 0 bridgehead atoms. The van der Waals surface area contributed by atoms with Crippen LogP contribution in [-0.4, -0.2) is 87.1 Å². The Labute approximate surface area is 163 Å². The number of hydrogen-bond donors (Lipinski definition) is 2. The third kappa shape index (κ3) is 21.5. The van der Waals surface area contributed by atoms with Crippen molar-refractivity contribution in [3.05, 3.63) is 24.3 Å². The summed E-state index contributed by atoms with van der Waals surface area (Å²) < 4.78 is 56.6. The monoisotopic (exact) mass is 398 g/mol. The van der Waals surface area contributed by atoms with Crippen LogP contribution in [0.5, 0.6) is 0 Å². The van der Waals surface area contributed by atoms with Gasteiger partial charge in [0.15, 0.2) is 0 Å². The molecule has 0 saturated heterocycles. The second kappa shape index (κ2) is 11.9. The van der Waals surface area contributed by atoms with Crippen molar-refractivity contribution < 1.29 is 45.7 Å². The average Bonchev–Trinajstić information content (AvgIpc) is 2.31. The molecule has 0 aromatic carbocycles. The summed E-state index contributed by atoms with van der Waals surface area (Å²) in [4.78, 5) is 19.9. The average molecular weight is 398 g/mol. The van der Waals surface area contributed by atoms with Crippen LogP contribution in [-0.2, 0) is 29.8 Å². The predicted molar refractivity (Wildman–Crippen MR) is 76.1 cm³/mol. The van der Waals surface area contributed by atoms with E-state index in [1.807, 2.05) is 0 Å². The third-order valence-corrected chi connectivity index (χ3v) is 3.34. The van der Waals surface area contributed by atoms with Gasteiger partial charge in [0.1, 0.15) is 0 Å². The van der Waals surface area contributed by atoms with E-state index in [9.17, 15) is 36.6 Å². The number of rotatable bonds is 8. The fraction of sp³-hybridized carbons (Fsp3) is 0.400. The maximum absolute atomic E-state index is 10.1. The van der Waals surface area contributed by atoms with Crippen LogP contribution in [0.2, 0.25) is 0 Å². The van der Waals surface area contributed by atoms with Crippen LogP contribution in [0.15, 0.2) is 24.3 Å². The molecule has 0 aromatic heterocycles. The van der Waals surface area contributed by atoms with E-state index in [-0.39, 0.29) is 61.7 Å². The van der Waals surface area contributed by atoms with Gasteiger partial charge in [0.2, 0.25) is 0 Å². The van der Waals surface area contributed by atoms with Crippen molar-refractivity contribution >= 4 is 69.9 Å². The largest absolute Gasteiger partial charge is 2.00 e. The third-order valence-electron chi connectivity index (χ3n) is 1.90. The molecular formula is C10H14CaO10S2. The molecule has 128 valence electrons. The van der Waals surface area contributed by atoms with Gasteiger partial charge >= 0.3 is 37.7 Å². The van der Waals surface area contributed by atoms with Crippen molar-refractivity contribution in [2.45, 2.75) is 12.8 Å². The van der Waals surface area contributed by atoms with Crippen molar-refractivity contribution in [1.29, 1.82) is 0 Å². The molecule has 0 amide bonds. The van der Waals surface area contributed by atoms with Gasteiger partial charge in [0.25, 0.3) is 20.2 Å². The van der Waals surface area contributed by atoms with Crippen LogP contribution in [0.1, 0.15) is 12.8 Å². The second-order valence-electron chi connectivity index (χ2n) is 3.85. The number of aliphatic carboxylic acids is 2. The van der Waals surface area contributed by atoms with Crippen molar-refractivity contribution in [1.82, 2.24) is 0 Å². The molecule has 0 aliphatic rings. The number of carbonyl (C=O) groups excluding carboxylic acids is 2. The Bertz CT molecular complexity index is 589. The molecule has 2 N–H and O–H groups in total. The van der Waals surface area contributed by atoms with E-state index in [1.54, 1.807) is 0 Å². The number of carboxylic acids is 2. The maximum atomic E-state index is 10.1. The standard InChI is InChI=1S/2C5H8O5S.Ca/c2*1-4(5(6)7)2-3-11(8,9)10;/h2*1-3H2,(H,6,7)(H,8,9,10);/q;;+2/p-2. The molecule has 0 saturated carbocycles. The zero-order chi connectivity index (χ0) is 18.1. The number of hydrogen-bond acceptors (Lipinski definition) is 8. The van der Waals surface area contributed by atoms with Gasteiger partial charge in [0.05, 0.1) is 23.4 Å². The van der Waals surface area contributed by atoms with Gasteiger partial charge in [-0.1, -0.05) is 13.2 Å². The molecule has 0 aliphatic carbocycles. The minimum absolute atomic E-state index is 0. The second-order valence-corrected chi connectivity index (χ2v) is 7.00. The molecule has 23 heavy (non-hydrogen) atoms. The molecule has 0 fully saturated rings. The van der Waals surface area contributed by atoms with Crippen molar-refractivity contribution in [2.75, 3.05) is 11.5 Å². The first-order valence-corrected chi connectivity index (χ1v) is 8.56. The van der Waals surface area contributed by atoms with Crippen LogP contribution in [0.4, 0.5) is 0 Å². The molecular weight excluding hydrogens is 384 g/mol. The van der Waals surface area contributed by atoms with Crippen LogP contribution < -0.4 is 10.2 Å². The Balaban J connectivity index is -0.000000333. The van der Waals surface area contributed by atoms with Crippen molar-refractivity contribution in [3.8, 4) is 0 Å². The summed E-state index contributed by atoms with van der Waals surface area (Å²) in [7, 11) is -8.21. The fourth-order valence-corrected chi connectivity index (χ4v) is 1.72. The minimum Gasteiger partial charge on any atom is -0.545 e. The van der Waals surface area contributed by atoms with Gasteiger partial charge in [0, 0.05) is 0 Å². The van der Waals surface area contributed by atoms with E-state index in [2.05, 4.69) is 13.2 Å². The molecule has 0 unspecified atom stereocenters. The van der Waals surface area contributed by atoms with Gasteiger partial charge in [-0.3, -0.25) is 9.11 Å². The zero-order valence-electron chi connectivity index (χ0n) is 11.9. The first-order chi connectivity index (χ1) is 9.65. The quantitative estimate of drug-likeness (QED) is 0.239. The first kappa shape index (κ1) is 27.4. The van der Waals surface area contributed by atoms with Gasteiger partial charge in [-0.05, 0) is 24.0 Å². The number of carbonyl (C=O) groups is 2. The van der Waals surface area contributed by atoms with Gasteiger partial charge in [-0.25, -0.2) is 0 Å².